The Balaban J connectivity index is 2.19. The molecular weight excluding hydrogens is 528 g/mol. The predicted molar refractivity (Wildman–Crippen MR) is 101 cm³/mol. The Bertz CT molecular complexity index is 689. The minimum atomic E-state index is -0.463. The molecule has 0 bridgehead atoms. The summed E-state index contributed by atoms with van der Waals surface area (Å²) < 4.78 is 16.9. The van der Waals surface area contributed by atoms with Gasteiger partial charge >= 0.3 is 11.9 Å². The Morgan fingerprint density at radius 2 is 2.00 bits per heavy atom. The molecule has 2 rings (SSSR count). The number of benzene rings is 1. The summed E-state index contributed by atoms with van der Waals surface area (Å²) in [7, 11) is 0. The first kappa shape index (κ1) is 18.2. The minimum absolute atomic E-state index is 0.143. The van der Waals surface area contributed by atoms with Crippen LogP contribution in [0.1, 0.15) is 19.4 Å². The molecule has 0 fully saturated rings. The summed E-state index contributed by atoms with van der Waals surface area (Å²) in [6, 6.07) is 3.68. The summed E-state index contributed by atoms with van der Waals surface area (Å²) in [5.41, 5.74) is 1.06. The summed E-state index contributed by atoms with van der Waals surface area (Å²) in [6.07, 6.45) is 1.65. The topological polar surface area (TPSA) is 74.2 Å². The lowest BCUT2D eigenvalue weighted by Crippen LogP contribution is -2.15. The number of halogens is 2. The number of carbonyl (C=O) groups is 2. The molecule has 122 valence electrons. The highest BCUT2D eigenvalue weighted by molar-refractivity contribution is 14.1. The van der Waals surface area contributed by atoms with Gasteiger partial charge in [-0.25, -0.2) is 14.6 Å². The van der Waals surface area contributed by atoms with Gasteiger partial charge in [0, 0.05) is 6.92 Å². The molecule has 0 atom stereocenters. The van der Waals surface area contributed by atoms with Gasteiger partial charge in [-0.05, 0) is 75.9 Å². The Hall–Kier alpha value is -1.17. The molecule has 0 aromatic heterocycles. The van der Waals surface area contributed by atoms with E-state index in [1.807, 2.05) is 12.1 Å². The Morgan fingerprint density at radius 3 is 2.52 bits per heavy atom. The molecule has 0 amide bonds. The van der Waals surface area contributed by atoms with Crippen molar-refractivity contribution in [1.29, 1.82) is 0 Å². The van der Waals surface area contributed by atoms with E-state index in [-0.39, 0.29) is 12.3 Å². The van der Waals surface area contributed by atoms with Crippen molar-refractivity contribution >= 4 is 69.1 Å². The van der Waals surface area contributed by atoms with Gasteiger partial charge in [0.05, 0.1) is 13.7 Å². The van der Waals surface area contributed by atoms with Crippen LogP contribution in [-0.4, -0.2) is 31.1 Å². The van der Waals surface area contributed by atoms with Crippen LogP contribution >= 0.6 is 45.2 Å². The standard InChI is InChI=1S/C15H13I2NO5/c1-3-21-13(19)7-22-14-10(16)4-9(5-11(14)17)6-12-15(20)23-8(2)18-12/h4-6H,3,7H2,1-2H3/b12-6+. The fourth-order valence-electron chi connectivity index (χ4n) is 1.81. The highest BCUT2D eigenvalue weighted by Gasteiger charge is 2.20. The lowest BCUT2D eigenvalue weighted by atomic mass is 10.2. The van der Waals surface area contributed by atoms with Crippen molar-refractivity contribution in [3.63, 3.8) is 0 Å². The van der Waals surface area contributed by atoms with Crippen LogP contribution in [0.15, 0.2) is 22.8 Å². The molecule has 1 aromatic rings. The quantitative estimate of drug-likeness (QED) is 0.326. The van der Waals surface area contributed by atoms with E-state index in [9.17, 15) is 9.59 Å². The second kappa shape index (κ2) is 8.08. The smallest absolute Gasteiger partial charge is 0.363 e. The number of carbonyl (C=O) groups excluding carboxylic acids is 2. The number of hydrogen-bond acceptors (Lipinski definition) is 6. The summed E-state index contributed by atoms with van der Waals surface area (Å²) in [5, 5.41) is 0. The summed E-state index contributed by atoms with van der Waals surface area (Å²) in [5.74, 6) is 0.0640. The van der Waals surface area contributed by atoms with E-state index in [1.54, 1.807) is 19.9 Å². The SMILES string of the molecule is CCOC(=O)COc1c(I)cc(/C=C2/N=C(C)OC2=O)cc1I. The molecule has 1 aromatic carbocycles. The molecule has 0 aliphatic carbocycles. The molecule has 1 heterocycles. The van der Waals surface area contributed by atoms with Crippen molar-refractivity contribution in [2.24, 2.45) is 4.99 Å². The summed E-state index contributed by atoms with van der Waals surface area (Å²) in [6.45, 7) is 3.54. The Kier molecular flexibility index (Phi) is 6.39. The van der Waals surface area contributed by atoms with Crippen LogP contribution in [0.2, 0.25) is 0 Å². The number of nitrogens with zero attached hydrogens (tertiary/aromatic N) is 1. The van der Waals surface area contributed by atoms with Gasteiger partial charge in [0.15, 0.2) is 18.2 Å². The number of hydrogen-bond donors (Lipinski definition) is 0. The first-order chi connectivity index (χ1) is 10.9. The van der Waals surface area contributed by atoms with Crippen molar-refractivity contribution in [2.75, 3.05) is 13.2 Å². The van der Waals surface area contributed by atoms with Gasteiger partial charge in [0.1, 0.15) is 5.75 Å². The highest BCUT2D eigenvalue weighted by atomic mass is 127. The van der Waals surface area contributed by atoms with E-state index in [2.05, 4.69) is 50.2 Å². The van der Waals surface area contributed by atoms with Crippen LogP contribution in [0.4, 0.5) is 0 Å². The molecule has 0 radical (unpaired) electrons. The van der Waals surface area contributed by atoms with E-state index in [0.29, 0.717) is 18.3 Å². The van der Waals surface area contributed by atoms with E-state index >= 15 is 0 Å². The molecule has 0 N–H and O–H groups in total. The zero-order valence-corrected chi connectivity index (χ0v) is 16.7. The van der Waals surface area contributed by atoms with Crippen molar-refractivity contribution < 1.29 is 23.8 Å². The van der Waals surface area contributed by atoms with Crippen LogP contribution in [0, 0.1) is 7.14 Å². The molecule has 0 spiro atoms. The maximum atomic E-state index is 11.6. The zero-order valence-electron chi connectivity index (χ0n) is 12.4. The number of ether oxygens (including phenoxy) is 3. The molecule has 0 saturated carbocycles. The molecule has 1 aliphatic rings. The monoisotopic (exact) mass is 541 g/mol. The van der Waals surface area contributed by atoms with Gasteiger partial charge in [-0.3, -0.25) is 0 Å². The third-order valence-corrected chi connectivity index (χ3v) is 4.29. The lowest BCUT2D eigenvalue weighted by Gasteiger charge is -2.11. The van der Waals surface area contributed by atoms with Crippen LogP contribution in [0.25, 0.3) is 6.08 Å². The molecule has 6 nitrogen and oxygen atoms in total. The molecule has 1 aliphatic heterocycles. The number of aliphatic imine (C=N–C) groups is 1. The van der Waals surface area contributed by atoms with Crippen LogP contribution in [0.3, 0.4) is 0 Å². The third-order valence-electron chi connectivity index (χ3n) is 2.69. The lowest BCUT2D eigenvalue weighted by molar-refractivity contribution is -0.145. The largest absolute Gasteiger partial charge is 0.480 e. The second-order valence-electron chi connectivity index (χ2n) is 4.46. The number of esters is 2. The average Bonchev–Trinajstić information content (AvgIpc) is 2.76. The second-order valence-corrected chi connectivity index (χ2v) is 6.78. The molecule has 0 unspecified atom stereocenters. The van der Waals surface area contributed by atoms with Crippen molar-refractivity contribution in [3.05, 3.63) is 30.5 Å². The van der Waals surface area contributed by atoms with Crippen LogP contribution in [0.5, 0.6) is 5.75 Å². The van der Waals surface area contributed by atoms with Gasteiger partial charge in [-0.15, -0.1) is 0 Å². The van der Waals surface area contributed by atoms with E-state index in [0.717, 1.165) is 12.7 Å². The van der Waals surface area contributed by atoms with Gasteiger partial charge in [-0.2, -0.15) is 0 Å². The molecule has 23 heavy (non-hydrogen) atoms. The van der Waals surface area contributed by atoms with E-state index in [4.69, 9.17) is 14.2 Å². The van der Waals surface area contributed by atoms with Gasteiger partial charge in [-0.1, -0.05) is 0 Å². The maximum Gasteiger partial charge on any atom is 0.363 e. The maximum absolute atomic E-state index is 11.6. The summed E-state index contributed by atoms with van der Waals surface area (Å²) >= 11 is 4.22. The molecule has 0 saturated heterocycles. The fourth-order valence-corrected chi connectivity index (χ4v) is 3.94. The average molecular weight is 541 g/mol. The van der Waals surface area contributed by atoms with Gasteiger partial charge < -0.3 is 14.2 Å². The first-order valence-electron chi connectivity index (χ1n) is 6.67. The van der Waals surface area contributed by atoms with Gasteiger partial charge in [0.2, 0.25) is 0 Å². The van der Waals surface area contributed by atoms with Crippen molar-refractivity contribution in [2.45, 2.75) is 13.8 Å². The predicted octanol–water partition coefficient (Wildman–Crippen LogP) is 3.15. The minimum Gasteiger partial charge on any atom is -0.480 e. The highest BCUT2D eigenvalue weighted by Crippen LogP contribution is 2.30. The fraction of sp³-hybridized carbons (Fsp3) is 0.267. The van der Waals surface area contributed by atoms with E-state index in [1.165, 1.54) is 0 Å². The zero-order chi connectivity index (χ0) is 17.0. The summed E-state index contributed by atoms with van der Waals surface area (Å²) in [4.78, 5) is 27.0. The number of rotatable bonds is 5. The van der Waals surface area contributed by atoms with Crippen molar-refractivity contribution in [3.8, 4) is 5.75 Å². The molecule has 8 heteroatoms. The van der Waals surface area contributed by atoms with Crippen LogP contribution < -0.4 is 4.74 Å². The third kappa shape index (κ3) is 4.90. The van der Waals surface area contributed by atoms with Crippen molar-refractivity contribution in [1.82, 2.24) is 0 Å². The van der Waals surface area contributed by atoms with E-state index < -0.39 is 11.9 Å². The Labute approximate surface area is 160 Å². The van der Waals surface area contributed by atoms with Gasteiger partial charge in [0.25, 0.3) is 0 Å². The normalized spacial score (nSPS) is 15.4. The van der Waals surface area contributed by atoms with Crippen LogP contribution in [-0.2, 0) is 19.1 Å². The number of cyclic esters (lactones) is 1. The molecular formula is C15H13I2NO5. The first-order valence-corrected chi connectivity index (χ1v) is 8.83. The Morgan fingerprint density at radius 1 is 1.35 bits per heavy atom.